The van der Waals surface area contributed by atoms with E-state index in [1.165, 1.54) is 27.7 Å². The molecule has 1 N–H and O–H groups in total. The number of benzene rings is 1. The van der Waals surface area contributed by atoms with Gasteiger partial charge in [0.05, 0.1) is 10.7 Å². The molecule has 10 heteroatoms. The number of rotatable bonds is 3. The van der Waals surface area contributed by atoms with E-state index >= 15 is 0 Å². The molecule has 0 saturated heterocycles. The van der Waals surface area contributed by atoms with Crippen LogP contribution in [0.5, 0.6) is 0 Å². The zero-order valence-electron chi connectivity index (χ0n) is 14.0. The fraction of sp³-hybridized carbons (Fsp3) is 0.235. The Labute approximate surface area is 156 Å². The van der Waals surface area contributed by atoms with Crippen LogP contribution in [0.25, 0.3) is 16.8 Å². The van der Waals surface area contributed by atoms with Gasteiger partial charge in [-0.2, -0.15) is 4.68 Å². The highest BCUT2D eigenvalue weighted by atomic mass is 35.5. The molecule has 2 atom stereocenters. The first-order valence-corrected chi connectivity index (χ1v) is 8.47. The van der Waals surface area contributed by atoms with Gasteiger partial charge in [0.1, 0.15) is 12.4 Å². The van der Waals surface area contributed by atoms with Gasteiger partial charge in [-0.25, -0.2) is 9.18 Å². The average molecular weight is 390 g/mol. The number of halogens is 2. The topological polar surface area (TPSA) is 103 Å². The third-order valence-corrected chi connectivity index (χ3v) is 5.03. The summed E-state index contributed by atoms with van der Waals surface area (Å²) in [6, 6.07) is 4.82. The van der Waals surface area contributed by atoms with E-state index in [0.717, 1.165) is 0 Å². The summed E-state index contributed by atoms with van der Waals surface area (Å²) in [4.78, 5) is 24.1. The lowest BCUT2D eigenvalue weighted by Gasteiger charge is -2.15. The van der Waals surface area contributed by atoms with Crippen LogP contribution in [0.3, 0.4) is 0 Å². The second kappa shape index (κ2) is 6.27. The van der Waals surface area contributed by atoms with Crippen LogP contribution in [0.15, 0.2) is 35.4 Å². The molecule has 0 radical (unpaired) electrons. The Morgan fingerprint density at radius 3 is 2.81 bits per heavy atom. The van der Waals surface area contributed by atoms with Crippen LogP contribution < -0.4 is 5.56 Å². The van der Waals surface area contributed by atoms with E-state index in [9.17, 15) is 19.1 Å². The summed E-state index contributed by atoms with van der Waals surface area (Å²) in [7, 11) is 0. The highest BCUT2D eigenvalue weighted by Crippen LogP contribution is 2.38. The molecule has 3 heterocycles. The molecular weight excluding hydrogens is 377 g/mol. The van der Waals surface area contributed by atoms with Crippen LogP contribution in [-0.2, 0) is 4.79 Å². The number of fused-ring (bicyclic) bond motifs is 1. The smallest absolute Gasteiger partial charge is 0.326 e. The van der Waals surface area contributed by atoms with Gasteiger partial charge in [-0.1, -0.05) is 18.5 Å². The summed E-state index contributed by atoms with van der Waals surface area (Å²) in [5.41, 5.74) is 0.691. The minimum absolute atomic E-state index is 0.0706. The van der Waals surface area contributed by atoms with Gasteiger partial charge in [-0.3, -0.25) is 9.36 Å². The number of pyridine rings is 1. The number of hydrogen-bond acceptors (Lipinski definition) is 5. The second-order valence-electron chi connectivity index (χ2n) is 6.38. The fourth-order valence-electron chi connectivity index (χ4n) is 3.51. The average Bonchev–Trinajstić information content (AvgIpc) is 3.26. The van der Waals surface area contributed by atoms with Crippen molar-refractivity contribution in [3.05, 3.63) is 57.5 Å². The third kappa shape index (κ3) is 2.71. The number of carboxylic acid groups (broad SMARTS) is 1. The monoisotopic (exact) mass is 389 g/mol. The van der Waals surface area contributed by atoms with E-state index in [1.54, 1.807) is 12.1 Å². The van der Waals surface area contributed by atoms with Crippen molar-refractivity contribution < 1.29 is 14.3 Å². The van der Waals surface area contributed by atoms with Crippen LogP contribution in [0.2, 0.25) is 5.02 Å². The SMILES string of the molecule is C[C@@H]1C[C@H](C(=O)O)n2c1cc(-c1c(-n3cnnn3)ccc(Cl)c1F)cc2=O. The van der Waals surface area contributed by atoms with E-state index in [-0.39, 0.29) is 22.1 Å². The van der Waals surface area contributed by atoms with Crippen LogP contribution in [0.1, 0.15) is 31.0 Å². The lowest BCUT2D eigenvalue weighted by Crippen LogP contribution is -2.27. The van der Waals surface area contributed by atoms with Crippen molar-refractivity contribution in [1.29, 1.82) is 0 Å². The minimum Gasteiger partial charge on any atom is -0.480 e. The molecule has 0 fully saturated rings. The molecule has 0 bridgehead atoms. The Morgan fingerprint density at radius 1 is 1.37 bits per heavy atom. The first-order chi connectivity index (χ1) is 12.9. The van der Waals surface area contributed by atoms with Gasteiger partial charge >= 0.3 is 5.97 Å². The standard InChI is InChI=1S/C17H13ClFN5O3/c1-8-4-13(17(26)27)24-12(8)5-9(6-14(24)25)15-11(23-7-20-21-22-23)3-2-10(18)16(15)19/h2-3,5-8,13H,4H2,1H3,(H,26,27)/t8-,13-/m1/s1. The predicted octanol–water partition coefficient (Wildman–Crippen LogP) is 2.42. The molecule has 0 saturated carbocycles. The van der Waals surface area contributed by atoms with E-state index in [2.05, 4.69) is 15.5 Å². The molecule has 1 aliphatic heterocycles. The summed E-state index contributed by atoms with van der Waals surface area (Å²) in [5.74, 6) is -1.95. The van der Waals surface area contributed by atoms with Gasteiger partial charge in [0, 0.05) is 17.3 Å². The zero-order chi connectivity index (χ0) is 19.3. The molecule has 138 valence electrons. The third-order valence-electron chi connectivity index (χ3n) is 4.73. The van der Waals surface area contributed by atoms with Crippen molar-refractivity contribution in [2.75, 3.05) is 0 Å². The first-order valence-electron chi connectivity index (χ1n) is 8.09. The molecule has 0 spiro atoms. The summed E-state index contributed by atoms with van der Waals surface area (Å²) in [5, 5.41) is 20.1. The molecular formula is C17H13ClFN5O3. The van der Waals surface area contributed by atoms with Crippen molar-refractivity contribution >= 4 is 17.6 Å². The highest BCUT2D eigenvalue weighted by Gasteiger charge is 2.34. The number of carbonyl (C=O) groups is 1. The summed E-state index contributed by atoms with van der Waals surface area (Å²) >= 11 is 5.95. The first kappa shape index (κ1) is 17.3. The Bertz CT molecular complexity index is 1110. The number of aliphatic carboxylic acids is 1. The largest absolute Gasteiger partial charge is 0.480 e. The van der Waals surface area contributed by atoms with Crippen molar-refractivity contribution in [2.45, 2.75) is 25.3 Å². The highest BCUT2D eigenvalue weighted by molar-refractivity contribution is 6.31. The normalized spacial score (nSPS) is 18.5. The summed E-state index contributed by atoms with van der Waals surface area (Å²) < 4.78 is 17.4. The molecule has 0 unspecified atom stereocenters. The number of aromatic nitrogens is 5. The lowest BCUT2D eigenvalue weighted by atomic mass is 9.99. The maximum atomic E-state index is 14.9. The maximum absolute atomic E-state index is 14.9. The van der Waals surface area contributed by atoms with Crippen molar-refractivity contribution in [3.63, 3.8) is 0 Å². The molecule has 3 aromatic rings. The molecule has 0 amide bonds. The minimum atomic E-state index is -1.07. The predicted molar refractivity (Wildman–Crippen MR) is 93.5 cm³/mol. The lowest BCUT2D eigenvalue weighted by molar-refractivity contribution is -0.140. The second-order valence-corrected chi connectivity index (χ2v) is 6.78. The van der Waals surface area contributed by atoms with E-state index < -0.39 is 23.4 Å². The number of tetrazole rings is 1. The Balaban J connectivity index is 1.98. The molecule has 4 rings (SSSR count). The van der Waals surface area contributed by atoms with Gasteiger partial charge < -0.3 is 5.11 Å². The van der Waals surface area contributed by atoms with Gasteiger partial charge in [0.15, 0.2) is 5.82 Å². The maximum Gasteiger partial charge on any atom is 0.326 e. The molecule has 8 nitrogen and oxygen atoms in total. The fourth-order valence-corrected chi connectivity index (χ4v) is 3.67. The van der Waals surface area contributed by atoms with Crippen molar-refractivity contribution in [3.8, 4) is 16.8 Å². The van der Waals surface area contributed by atoms with Crippen LogP contribution in [-0.4, -0.2) is 35.9 Å². The Morgan fingerprint density at radius 2 is 2.15 bits per heavy atom. The molecule has 27 heavy (non-hydrogen) atoms. The Kier molecular flexibility index (Phi) is 4.03. The van der Waals surface area contributed by atoms with Crippen LogP contribution in [0, 0.1) is 5.82 Å². The van der Waals surface area contributed by atoms with E-state index in [1.807, 2.05) is 6.92 Å². The van der Waals surface area contributed by atoms with Crippen molar-refractivity contribution in [2.24, 2.45) is 0 Å². The van der Waals surface area contributed by atoms with E-state index in [4.69, 9.17) is 11.6 Å². The molecule has 1 aromatic carbocycles. The van der Waals surface area contributed by atoms with Gasteiger partial charge in [0.2, 0.25) is 0 Å². The number of nitrogens with zero attached hydrogens (tertiary/aromatic N) is 5. The summed E-state index contributed by atoms with van der Waals surface area (Å²) in [6.45, 7) is 1.83. The van der Waals surface area contributed by atoms with Crippen molar-refractivity contribution in [1.82, 2.24) is 24.8 Å². The molecule has 2 aromatic heterocycles. The molecule has 1 aliphatic rings. The quantitative estimate of drug-likeness (QED) is 0.737. The number of carboxylic acids is 1. The van der Waals surface area contributed by atoms with Gasteiger partial charge in [0.25, 0.3) is 5.56 Å². The molecule has 0 aliphatic carbocycles. The van der Waals surface area contributed by atoms with E-state index in [0.29, 0.717) is 17.8 Å². The number of hydrogen-bond donors (Lipinski definition) is 1. The zero-order valence-corrected chi connectivity index (χ0v) is 14.8. The Hall–Kier alpha value is -3.07. The summed E-state index contributed by atoms with van der Waals surface area (Å²) in [6.07, 6.45) is 1.60. The van der Waals surface area contributed by atoms with Crippen LogP contribution in [0.4, 0.5) is 4.39 Å². The van der Waals surface area contributed by atoms with Crippen LogP contribution >= 0.6 is 11.6 Å². The van der Waals surface area contributed by atoms with Gasteiger partial charge in [-0.15, -0.1) is 5.10 Å². The van der Waals surface area contributed by atoms with Gasteiger partial charge in [-0.05, 0) is 46.5 Å².